The summed E-state index contributed by atoms with van der Waals surface area (Å²) in [7, 11) is 0. The van der Waals surface area contributed by atoms with Crippen molar-refractivity contribution in [3.8, 4) is 5.75 Å². The first-order valence-corrected chi connectivity index (χ1v) is 9.16. The van der Waals surface area contributed by atoms with Crippen LogP contribution in [-0.2, 0) is 13.2 Å². The summed E-state index contributed by atoms with van der Waals surface area (Å²) in [6, 6.07) is 21.0. The number of imidazole rings is 1. The quantitative estimate of drug-likeness (QED) is 0.554. The summed E-state index contributed by atoms with van der Waals surface area (Å²) in [6.07, 6.45) is 3.99. The largest absolute Gasteiger partial charge is 0.487 e. The Labute approximate surface area is 163 Å². The third-order valence-corrected chi connectivity index (χ3v) is 4.43. The van der Waals surface area contributed by atoms with E-state index in [-0.39, 0.29) is 5.91 Å². The first-order valence-electron chi connectivity index (χ1n) is 9.16. The maximum atomic E-state index is 12.4. The van der Waals surface area contributed by atoms with Gasteiger partial charge >= 0.3 is 0 Å². The molecule has 0 fully saturated rings. The molecule has 28 heavy (non-hydrogen) atoms. The second-order valence-electron chi connectivity index (χ2n) is 6.69. The van der Waals surface area contributed by atoms with E-state index in [1.165, 1.54) is 5.56 Å². The molecular formula is C23H21N3O2. The van der Waals surface area contributed by atoms with Gasteiger partial charge in [0.2, 0.25) is 0 Å². The van der Waals surface area contributed by atoms with Crippen molar-refractivity contribution in [1.29, 1.82) is 0 Å². The second kappa shape index (κ2) is 7.96. The average molecular weight is 371 g/mol. The Balaban J connectivity index is 1.39. The van der Waals surface area contributed by atoms with Gasteiger partial charge in [-0.05, 0) is 42.3 Å². The van der Waals surface area contributed by atoms with E-state index in [9.17, 15) is 4.79 Å². The first kappa shape index (κ1) is 17.8. The van der Waals surface area contributed by atoms with Crippen LogP contribution in [0.1, 0.15) is 27.2 Å². The zero-order chi connectivity index (χ0) is 19.3. The fraction of sp³-hybridized carbons (Fsp3) is 0.130. The molecule has 0 saturated carbocycles. The molecule has 1 N–H and O–H groups in total. The minimum atomic E-state index is -0.127. The summed E-state index contributed by atoms with van der Waals surface area (Å²) in [5, 5.41) is 2.93. The van der Waals surface area contributed by atoms with Crippen LogP contribution in [0.2, 0.25) is 0 Å². The molecule has 2 aromatic heterocycles. The highest BCUT2D eigenvalue weighted by Gasteiger charge is 2.08. The molecule has 0 aliphatic heterocycles. The molecule has 0 saturated heterocycles. The van der Waals surface area contributed by atoms with Crippen molar-refractivity contribution in [3.05, 3.63) is 102 Å². The lowest BCUT2D eigenvalue weighted by molar-refractivity contribution is 0.0950. The average Bonchev–Trinajstić information content (AvgIpc) is 3.13. The first-order chi connectivity index (χ1) is 13.7. The van der Waals surface area contributed by atoms with E-state index in [2.05, 4.69) is 10.3 Å². The van der Waals surface area contributed by atoms with Crippen LogP contribution in [0, 0.1) is 6.92 Å². The Kier molecular flexibility index (Phi) is 5.06. The van der Waals surface area contributed by atoms with Crippen molar-refractivity contribution in [1.82, 2.24) is 14.7 Å². The van der Waals surface area contributed by atoms with Gasteiger partial charge in [-0.25, -0.2) is 4.98 Å². The number of nitrogens with one attached hydrogen (secondary N) is 1. The van der Waals surface area contributed by atoms with Crippen molar-refractivity contribution in [2.45, 2.75) is 20.1 Å². The number of benzene rings is 2. The molecule has 5 heteroatoms. The molecule has 0 aliphatic rings. The Bertz CT molecular complexity index is 1100. The van der Waals surface area contributed by atoms with Gasteiger partial charge in [0.05, 0.1) is 5.69 Å². The highest BCUT2D eigenvalue weighted by atomic mass is 16.5. The van der Waals surface area contributed by atoms with E-state index in [4.69, 9.17) is 4.74 Å². The van der Waals surface area contributed by atoms with Crippen LogP contribution >= 0.6 is 0 Å². The van der Waals surface area contributed by atoms with Gasteiger partial charge in [-0.3, -0.25) is 4.79 Å². The number of aryl methyl sites for hydroxylation is 1. The van der Waals surface area contributed by atoms with Gasteiger partial charge in [-0.1, -0.05) is 42.5 Å². The second-order valence-corrected chi connectivity index (χ2v) is 6.69. The van der Waals surface area contributed by atoms with Crippen molar-refractivity contribution in [2.24, 2.45) is 0 Å². The van der Waals surface area contributed by atoms with E-state index in [1.807, 2.05) is 78.3 Å². The van der Waals surface area contributed by atoms with Crippen LogP contribution in [0.4, 0.5) is 0 Å². The number of nitrogens with zero attached hydrogens (tertiary/aromatic N) is 2. The molecule has 2 heterocycles. The maximum Gasteiger partial charge on any atom is 0.251 e. The number of hydrogen-bond donors (Lipinski definition) is 1. The summed E-state index contributed by atoms with van der Waals surface area (Å²) in [5.41, 5.74) is 4.53. The summed E-state index contributed by atoms with van der Waals surface area (Å²) in [6.45, 7) is 2.88. The fourth-order valence-corrected chi connectivity index (χ4v) is 2.99. The summed E-state index contributed by atoms with van der Waals surface area (Å²) in [5.74, 6) is 0.512. The number of carbonyl (C=O) groups excluding carboxylic acids is 1. The van der Waals surface area contributed by atoms with Crippen LogP contribution in [0.25, 0.3) is 5.65 Å². The number of hydrogen-bond acceptors (Lipinski definition) is 3. The Morgan fingerprint density at radius 3 is 2.75 bits per heavy atom. The lowest BCUT2D eigenvalue weighted by atomic mass is 10.2. The lowest BCUT2D eigenvalue weighted by Gasteiger charge is -2.08. The molecule has 140 valence electrons. The predicted molar refractivity (Wildman–Crippen MR) is 108 cm³/mol. The van der Waals surface area contributed by atoms with Crippen LogP contribution in [-0.4, -0.2) is 15.3 Å². The normalized spacial score (nSPS) is 10.8. The van der Waals surface area contributed by atoms with Gasteiger partial charge in [-0.2, -0.15) is 0 Å². The van der Waals surface area contributed by atoms with Gasteiger partial charge in [-0.15, -0.1) is 0 Å². The highest BCUT2D eigenvalue weighted by Crippen LogP contribution is 2.16. The molecule has 4 aromatic rings. The number of amides is 1. The van der Waals surface area contributed by atoms with Crippen molar-refractivity contribution < 1.29 is 9.53 Å². The molecular weight excluding hydrogens is 350 g/mol. The van der Waals surface area contributed by atoms with E-state index in [0.717, 1.165) is 16.9 Å². The van der Waals surface area contributed by atoms with E-state index in [0.29, 0.717) is 24.5 Å². The molecule has 0 aliphatic carbocycles. The fourth-order valence-electron chi connectivity index (χ4n) is 2.99. The van der Waals surface area contributed by atoms with E-state index < -0.39 is 0 Å². The van der Waals surface area contributed by atoms with Gasteiger partial charge in [0.25, 0.3) is 5.91 Å². The predicted octanol–water partition coefficient (Wildman–Crippen LogP) is 4.15. The molecule has 0 spiro atoms. The topological polar surface area (TPSA) is 55.6 Å². The lowest BCUT2D eigenvalue weighted by Crippen LogP contribution is -2.22. The Hall–Kier alpha value is -3.60. The molecule has 0 bridgehead atoms. The SMILES string of the molecule is Cc1ccc2nc(COc3cccc(C(=O)NCc4ccccc4)c3)cn2c1. The number of aromatic nitrogens is 2. The zero-order valence-corrected chi connectivity index (χ0v) is 15.6. The van der Waals surface area contributed by atoms with Crippen molar-refractivity contribution in [2.75, 3.05) is 0 Å². The van der Waals surface area contributed by atoms with Crippen LogP contribution in [0.3, 0.4) is 0 Å². The third kappa shape index (κ3) is 4.20. The number of pyridine rings is 1. The van der Waals surface area contributed by atoms with Crippen LogP contribution < -0.4 is 10.1 Å². The minimum Gasteiger partial charge on any atom is -0.487 e. The number of carbonyl (C=O) groups is 1. The summed E-state index contributed by atoms with van der Waals surface area (Å²) in [4.78, 5) is 17.0. The molecule has 2 aromatic carbocycles. The molecule has 0 unspecified atom stereocenters. The summed E-state index contributed by atoms with van der Waals surface area (Å²) >= 11 is 0. The minimum absolute atomic E-state index is 0.127. The van der Waals surface area contributed by atoms with Crippen molar-refractivity contribution in [3.63, 3.8) is 0 Å². The Morgan fingerprint density at radius 2 is 1.89 bits per heavy atom. The summed E-state index contributed by atoms with van der Waals surface area (Å²) < 4.78 is 7.84. The van der Waals surface area contributed by atoms with Gasteiger partial charge in [0.1, 0.15) is 18.0 Å². The Morgan fingerprint density at radius 1 is 1.04 bits per heavy atom. The third-order valence-electron chi connectivity index (χ3n) is 4.43. The number of fused-ring (bicyclic) bond motifs is 1. The van der Waals surface area contributed by atoms with Crippen molar-refractivity contribution >= 4 is 11.6 Å². The molecule has 1 amide bonds. The monoisotopic (exact) mass is 371 g/mol. The number of ether oxygens (including phenoxy) is 1. The van der Waals surface area contributed by atoms with E-state index in [1.54, 1.807) is 12.1 Å². The van der Waals surface area contributed by atoms with Crippen LogP contribution in [0.5, 0.6) is 5.75 Å². The number of rotatable bonds is 6. The zero-order valence-electron chi connectivity index (χ0n) is 15.6. The van der Waals surface area contributed by atoms with Crippen LogP contribution in [0.15, 0.2) is 79.1 Å². The molecule has 4 rings (SSSR count). The maximum absolute atomic E-state index is 12.4. The smallest absolute Gasteiger partial charge is 0.251 e. The molecule has 5 nitrogen and oxygen atoms in total. The molecule has 0 atom stereocenters. The molecule has 0 radical (unpaired) electrons. The van der Waals surface area contributed by atoms with Gasteiger partial charge in [0.15, 0.2) is 0 Å². The van der Waals surface area contributed by atoms with E-state index >= 15 is 0 Å². The highest BCUT2D eigenvalue weighted by molar-refractivity contribution is 5.94. The standard InChI is InChI=1S/C23H21N3O2/c1-17-10-11-22-25-20(15-26(22)14-17)16-28-21-9-5-8-19(12-21)23(27)24-13-18-6-3-2-4-7-18/h2-12,14-15H,13,16H2,1H3,(H,24,27). The van der Waals surface area contributed by atoms with Gasteiger partial charge in [0, 0.05) is 24.5 Å². The van der Waals surface area contributed by atoms with Gasteiger partial charge < -0.3 is 14.5 Å².